The lowest BCUT2D eigenvalue weighted by Gasteiger charge is -2.27. The smallest absolute Gasteiger partial charge is 0.277 e. The normalized spacial score (nSPS) is 16.1. The number of para-hydroxylation sites is 1. The zero-order chi connectivity index (χ0) is 20.8. The Bertz CT molecular complexity index is 1100. The molecule has 0 unspecified atom stereocenters. The molecule has 0 aromatic heterocycles. The van der Waals surface area contributed by atoms with Crippen molar-refractivity contribution in [2.24, 2.45) is 5.10 Å². The molecular weight excluding hydrogens is 378 g/mol. The van der Waals surface area contributed by atoms with Gasteiger partial charge in [0.05, 0.1) is 17.3 Å². The van der Waals surface area contributed by atoms with E-state index >= 15 is 0 Å². The second-order valence-electron chi connectivity index (χ2n) is 6.74. The van der Waals surface area contributed by atoms with Crippen molar-refractivity contribution in [3.63, 3.8) is 0 Å². The minimum atomic E-state index is -0.368. The van der Waals surface area contributed by atoms with Crippen LogP contribution in [0.3, 0.4) is 0 Å². The predicted molar refractivity (Wildman–Crippen MR) is 112 cm³/mol. The van der Waals surface area contributed by atoms with E-state index in [-0.39, 0.29) is 18.6 Å². The van der Waals surface area contributed by atoms with Crippen LogP contribution < -0.4 is 14.9 Å². The molecule has 0 bridgehead atoms. The lowest BCUT2D eigenvalue weighted by Crippen LogP contribution is -2.28. The molecule has 1 aliphatic heterocycles. The summed E-state index contributed by atoms with van der Waals surface area (Å²) >= 11 is 0. The second-order valence-corrected chi connectivity index (χ2v) is 6.74. The number of ether oxygens (including phenoxy) is 2. The standard InChI is InChI=1S/C24H19N3O3/c25-15-17-10-12-19(13-11-17)29-16-24(28)27-26-21-14-23(18-6-2-1-3-7-18)30-22-9-5-4-8-20(21)22/h1-13,23H,14,16H2,(H,27,28)/t23-/m1/s1. The number of hydrogen-bond acceptors (Lipinski definition) is 5. The van der Waals surface area contributed by atoms with Gasteiger partial charge in [0.25, 0.3) is 5.91 Å². The fourth-order valence-corrected chi connectivity index (χ4v) is 3.18. The van der Waals surface area contributed by atoms with Crippen LogP contribution in [0, 0.1) is 11.3 Å². The number of hydrogen-bond donors (Lipinski definition) is 1. The van der Waals surface area contributed by atoms with E-state index in [9.17, 15) is 4.79 Å². The van der Waals surface area contributed by atoms with Gasteiger partial charge in [-0.05, 0) is 42.0 Å². The van der Waals surface area contributed by atoms with Crippen LogP contribution in [-0.2, 0) is 4.79 Å². The van der Waals surface area contributed by atoms with E-state index in [1.807, 2.05) is 60.7 Å². The Morgan fingerprint density at radius 1 is 1.07 bits per heavy atom. The monoisotopic (exact) mass is 397 g/mol. The van der Waals surface area contributed by atoms with E-state index < -0.39 is 0 Å². The number of carbonyl (C=O) groups is 1. The highest BCUT2D eigenvalue weighted by Crippen LogP contribution is 2.34. The molecule has 3 aromatic rings. The Kier molecular flexibility index (Phi) is 5.72. The molecule has 1 N–H and O–H groups in total. The molecule has 0 aliphatic carbocycles. The fraction of sp³-hybridized carbons (Fsp3) is 0.125. The summed E-state index contributed by atoms with van der Waals surface area (Å²) in [6.45, 7) is -0.178. The largest absolute Gasteiger partial charge is 0.485 e. The van der Waals surface area contributed by atoms with Crippen LogP contribution in [0.15, 0.2) is 84.0 Å². The first kappa shape index (κ1) is 19.2. The van der Waals surface area contributed by atoms with Crippen molar-refractivity contribution in [1.29, 1.82) is 5.26 Å². The maximum atomic E-state index is 12.2. The van der Waals surface area contributed by atoms with Gasteiger partial charge in [0, 0.05) is 12.0 Å². The quantitative estimate of drug-likeness (QED) is 0.660. The number of nitrogens with one attached hydrogen (secondary N) is 1. The van der Waals surface area contributed by atoms with Gasteiger partial charge in [-0.25, -0.2) is 5.43 Å². The van der Waals surface area contributed by atoms with Crippen LogP contribution in [0.2, 0.25) is 0 Å². The molecule has 30 heavy (non-hydrogen) atoms. The average Bonchev–Trinajstić information content (AvgIpc) is 2.82. The molecule has 4 rings (SSSR count). The number of hydrazone groups is 1. The second kappa shape index (κ2) is 8.93. The van der Waals surface area contributed by atoms with E-state index in [0.717, 1.165) is 22.6 Å². The summed E-state index contributed by atoms with van der Waals surface area (Å²) in [4.78, 5) is 12.2. The molecule has 1 amide bonds. The van der Waals surface area contributed by atoms with Crippen molar-refractivity contribution in [3.05, 3.63) is 95.6 Å². The molecule has 0 saturated heterocycles. The van der Waals surface area contributed by atoms with Gasteiger partial charge in [-0.3, -0.25) is 4.79 Å². The fourth-order valence-electron chi connectivity index (χ4n) is 3.18. The van der Waals surface area contributed by atoms with Gasteiger partial charge in [0.1, 0.15) is 17.6 Å². The van der Waals surface area contributed by atoms with Gasteiger partial charge in [0.2, 0.25) is 0 Å². The predicted octanol–water partition coefficient (Wildman–Crippen LogP) is 3.98. The van der Waals surface area contributed by atoms with Crippen LogP contribution >= 0.6 is 0 Å². The third-order valence-corrected chi connectivity index (χ3v) is 4.69. The number of amides is 1. The summed E-state index contributed by atoms with van der Waals surface area (Å²) in [5.41, 5.74) is 5.76. The molecule has 6 nitrogen and oxygen atoms in total. The van der Waals surface area contributed by atoms with Crippen molar-refractivity contribution < 1.29 is 14.3 Å². The first-order valence-electron chi connectivity index (χ1n) is 9.52. The molecule has 0 spiro atoms. The topological polar surface area (TPSA) is 83.7 Å². The Morgan fingerprint density at radius 3 is 2.57 bits per heavy atom. The van der Waals surface area contributed by atoms with Crippen molar-refractivity contribution in [2.75, 3.05) is 6.61 Å². The highest BCUT2D eigenvalue weighted by Gasteiger charge is 2.26. The van der Waals surface area contributed by atoms with Gasteiger partial charge in [0.15, 0.2) is 6.61 Å². The summed E-state index contributed by atoms with van der Waals surface area (Å²) < 4.78 is 11.6. The van der Waals surface area contributed by atoms with E-state index in [1.165, 1.54) is 0 Å². The third kappa shape index (κ3) is 4.47. The number of nitrogens with zero attached hydrogens (tertiary/aromatic N) is 2. The molecule has 6 heteroatoms. The van der Waals surface area contributed by atoms with Gasteiger partial charge < -0.3 is 9.47 Å². The van der Waals surface area contributed by atoms with Crippen LogP contribution in [-0.4, -0.2) is 18.2 Å². The molecule has 1 aliphatic rings. The molecule has 3 aromatic carbocycles. The highest BCUT2D eigenvalue weighted by molar-refractivity contribution is 6.04. The summed E-state index contributed by atoms with van der Waals surface area (Å²) in [5.74, 6) is 0.879. The van der Waals surface area contributed by atoms with E-state index in [2.05, 4.69) is 10.5 Å². The Morgan fingerprint density at radius 2 is 1.80 bits per heavy atom. The van der Waals surface area contributed by atoms with Gasteiger partial charge in [-0.1, -0.05) is 42.5 Å². The van der Waals surface area contributed by atoms with Crippen LogP contribution in [0.1, 0.15) is 29.2 Å². The Hall–Kier alpha value is -4.11. The van der Waals surface area contributed by atoms with E-state index in [0.29, 0.717) is 17.7 Å². The zero-order valence-electron chi connectivity index (χ0n) is 16.1. The number of benzene rings is 3. The first-order valence-corrected chi connectivity index (χ1v) is 9.52. The van der Waals surface area contributed by atoms with Crippen molar-refractivity contribution in [3.8, 4) is 17.6 Å². The first-order chi connectivity index (χ1) is 14.7. The highest BCUT2D eigenvalue weighted by atomic mass is 16.5. The third-order valence-electron chi connectivity index (χ3n) is 4.69. The number of fused-ring (bicyclic) bond motifs is 1. The van der Waals surface area contributed by atoms with E-state index in [1.54, 1.807) is 24.3 Å². The average molecular weight is 397 g/mol. The summed E-state index contributed by atoms with van der Waals surface area (Å²) in [6, 6.07) is 26.2. The molecule has 1 heterocycles. The van der Waals surface area contributed by atoms with Gasteiger partial charge in [-0.2, -0.15) is 10.4 Å². The summed E-state index contributed by atoms with van der Waals surface area (Å²) in [5, 5.41) is 13.2. The maximum Gasteiger partial charge on any atom is 0.277 e. The Balaban J connectivity index is 1.44. The van der Waals surface area contributed by atoms with E-state index in [4.69, 9.17) is 14.7 Å². The SMILES string of the molecule is N#Cc1ccc(OCC(=O)NN=C2C[C@H](c3ccccc3)Oc3ccccc32)cc1. The lowest BCUT2D eigenvalue weighted by molar-refractivity contribution is -0.123. The minimum Gasteiger partial charge on any atom is -0.485 e. The molecule has 148 valence electrons. The molecule has 1 atom stereocenters. The minimum absolute atomic E-state index is 0.174. The van der Waals surface area contributed by atoms with Gasteiger partial charge in [-0.15, -0.1) is 0 Å². The summed E-state index contributed by atoms with van der Waals surface area (Å²) in [7, 11) is 0. The van der Waals surface area contributed by atoms with Crippen LogP contribution in [0.4, 0.5) is 0 Å². The number of nitriles is 1. The molecule has 0 fully saturated rings. The molecular formula is C24H19N3O3. The number of rotatable bonds is 5. The van der Waals surface area contributed by atoms with Crippen LogP contribution in [0.25, 0.3) is 0 Å². The lowest BCUT2D eigenvalue weighted by atomic mass is 9.96. The molecule has 0 radical (unpaired) electrons. The van der Waals surface area contributed by atoms with Crippen molar-refractivity contribution in [1.82, 2.24) is 5.43 Å². The van der Waals surface area contributed by atoms with Crippen molar-refractivity contribution in [2.45, 2.75) is 12.5 Å². The maximum absolute atomic E-state index is 12.2. The van der Waals surface area contributed by atoms with Crippen molar-refractivity contribution >= 4 is 11.6 Å². The molecule has 0 saturated carbocycles. The number of carbonyl (C=O) groups excluding carboxylic acids is 1. The Labute approximate surface area is 174 Å². The zero-order valence-corrected chi connectivity index (χ0v) is 16.1. The summed E-state index contributed by atoms with van der Waals surface area (Å²) in [6.07, 6.45) is 0.365. The van der Waals surface area contributed by atoms with Gasteiger partial charge >= 0.3 is 0 Å². The van der Waals surface area contributed by atoms with Crippen LogP contribution in [0.5, 0.6) is 11.5 Å².